The number of aryl methyl sites for hydroxylation is 1. The second-order valence-corrected chi connectivity index (χ2v) is 8.45. The van der Waals surface area contributed by atoms with Gasteiger partial charge in [0.2, 0.25) is 5.91 Å². The van der Waals surface area contributed by atoms with Crippen molar-refractivity contribution in [3.05, 3.63) is 41.5 Å². The second kappa shape index (κ2) is 10.5. The zero-order valence-electron chi connectivity index (χ0n) is 17.9. The van der Waals surface area contributed by atoms with Gasteiger partial charge < -0.3 is 15.2 Å². The van der Waals surface area contributed by atoms with Crippen LogP contribution in [0.2, 0.25) is 0 Å². The third-order valence-electron chi connectivity index (χ3n) is 4.61. The van der Waals surface area contributed by atoms with E-state index in [0.717, 1.165) is 11.1 Å². The van der Waals surface area contributed by atoms with Crippen molar-refractivity contribution >= 4 is 17.8 Å². The van der Waals surface area contributed by atoms with Crippen molar-refractivity contribution in [1.82, 2.24) is 5.32 Å². The highest BCUT2D eigenvalue weighted by Gasteiger charge is 2.20. The van der Waals surface area contributed by atoms with Gasteiger partial charge >= 0.3 is 0 Å². The maximum absolute atomic E-state index is 12.1. The standard InChI is InChI=1S/C23H35NO4/c1-7-19-10-8-18(16-20(19)17(2)25)9-11-21(26)24-14-12-23(5,6)28-15-13-22(3,4)27/h7-8,10,16,27H,1,9,11-15H2,2-6H3,(H,24,26). The first kappa shape index (κ1) is 24.1. The van der Waals surface area contributed by atoms with Crippen molar-refractivity contribution in [3.63, 3.8) is 0 Å². The molecule has 0 aromatic heterocycles. The smallest absolute Gasteiger partial charge is 0.220 e. The molecule has 0 unspecified atom stereocenters. The Morgan fingerprint density at radius 1 is 1.21 bits per heavy atom. The van der Waals surface area contributed by atoms with Gasteiger partial charge in [0.05, 0.1) is 17.8 Å². The number of ketones is 1. The van der Waals surface area contributed by atoms with Gasteiger partial charge in [0.1, 0.15) is 0 Å². The average Bonchev–Trinajstić information content (AvgIpc) is 2.58. The molecule has 0 spiro atoms. The second-order valence-electron chi connectivity index (χ2n) is 8.45. The molecule has 0 bridgehead atoms. The zero-order chi connectivity index (χ0) is 21.4. The van der Waals surface area contributed by atoms with Gasteiger partial charge in [0.15, 0.2) is 5.78 Å². The number of amides is 1. The van der Waals surface area contributed by atoms with Crippen LogP contribution in [0.15, 0.2) is 24.8 Å². The molecular weight excluding hydrogens is 354 g/mol. The van der Waals surface area contributed by atoms with Gasteiger partial charge in [-0.25, -0.2) is 0 Å². The van der Waals surface area contributed by atoms with E-state index in [1.54, 1.807) is 19.9 Å². The van der Waals surface area contributed by atoms with Gasteiger partial charge in [-0.3, -0.25) is 9.59 Å². The van der Waals surface area contributed by atoms with Crippen LogP contribution in [0.4, 0.5) is 0 Å². The largest absolute Gasteiger partial charge is 0.390 e. The number of rotatable bonds is 12. The summed E-state index contributed by atoms with van der Waals surface area (Å²) in [5.41, 5.74) is 1.30. The van der Waals surface area contributed by atoms with Gasteiger partial charge in [-0.15, -0.1) is 0 Å². The summed E-state index contributed by atoms with van der Waals surface area (Å²) in [6, 6.07) is 5.63. The molecule has 1 aromatic carbocycles. The molecule has 1 amide bonds. The first-order chi connectivity index (χ1) is 12.9. The summed E-state index contributed by atoms with van der Waals surface area (Å²) in [5, 5.41) is 12.7. The van der Waals surface area contributed by atoms with E-state index >= 15 is 0 Å². The Kier molecular flexibility index (Phi) is 9.05. The van der Waals surface area contributed by atoms with Crippen molar-refractivity contribution < 1.29 is 19.4 Å². The molecule has 5 heteroatoms. The molecule has 1 rings (SSSR count). The minimum Gasteiger partial charge on any atom is -0.390 e. The van der Waals surface area contributed by atoms with Gasteiger partial charge in [0.25, 0.3) is 0 Å². The number of carbonyl (C=O) groups excluding carboxylic acids is 2. The highest BCUT2D eigenvalue weighted by atomic mass is 16.5. The molecule has 0 heterocycles. The number of hydrogen-bond acceptors (Lipinski definition) is 4. The van der Waals surface area contributed by atoms with Gasteiger partial charge in [0, 0.05) is 18.5 Å². The molecule has 0 saturated carbocycles. The summed E-state index contributed by atoms with van der Waals surface area (Å²) in [5.74, 6) is -0.0301. The van der Waals surface area contributed by atoms with Crippen LogP contribution in [0.5, 0.6) is 0 Å². The number of aliphatic hydroxyl groups is 1. The number of nitrogens with one attached hydrogen (secondary N) is 1. The first-order valence-electron chi connectivity index (χ1n) is 9.83. The highest BCUT2D eigenvalue weighted by Crippen LogP contribution is 2.17. The van der Waals surface area contributed by atoms with Crippen molar-refractivity contribution in [3.8, 4) is 0 Å². The van der Waals surface area contributed by atoms with E-state index < -0.39 is 5.60 Å². The molecular formula is C23H35NO4. The predicted octanol–water partition coefficient (Wildman–Crippen LogP) is 3.93. The Morgan fingerprint density at radius 2 is 1.89 bits per heavy atom. The molecule has 0 aliphatic carbocycles. The van der Waals surface area contributed by atoms with Crippen LogP contribution < -0.4 is 5.32 Å². The van der Waals surface area contributed by atoms with Crippen LogP contribution in [-0.4, -0.2) is 41.2 Å². The van der Waals surface area contributed by atoms with Crippen LogP contribution in [0, 0.1) is 0 Å². The highest BCUT2D eigenvalue weighted by molar-refractivity contribution is 5.97. The molecule has 0 saturated heterocycles. The Morgan fingerprint density at radius 3 is 2.46 bits per heavy atom. The van der Waals surface area contributed by atoms with Crippen molar-refractivity contribution in [1.29, 1.82) is 0 Å². The third kappa shape index (κ3) is 9.29. The summed E-state index contributed by atoms with van der Waals surface area (Å²) in [4.78, 5) is 23.8. The fourth-order valence-corrected chi connectivity index (χ4v) is 2.74. The summed E-state index contributed by atoms with van der Waals surface area (Å²) in [7, 11) is 0. The Labute approximate surface area is 169 Å². The molecule has 0 aliphatic rings. The van der Waals surface area contributed by atoms with E-state index in [9.17, 15) is 14.7 Å². The van der Waals surface area contributed by atoms with E-state index in [4.69, 9.17) is 4.74 Å². The van der Waals surface area contributed by atoms with Gasteiger partial charge in [-0.1, -0.05) is 24.8 Å². The maximum Gasteiger partial charge on any atom is 0.220 e. The molecule has 1 aromatic rings. The summed E-state index contributed by atoms with van der Waals surface area (Å²) < 4.78 is 5.82. The lowest BCUT2D eigenvalue weighted by Crippen LogP contribution is -2.34. The van der Waals surface area contributed by atoms with Crippen molar-refractivity contribution in [2.45, 2.75) is 71.5 Å². The third-order valence-corrected chi connectivity index (χ3v) is 4.61. The summed E-state index contributed by atoms with van der Waals surface area (Å²) >= 11 is 0. The van der Waals surface area contributed by atoms with E-state index in [1.807, 2.05) is 32.0 Å². The van der Waals surface area contributed by atoms with Crippen LogP contribution in [0.25, 0.3) is 6.08 Å². The lowest BCUT2D eigenvalue weighted by Gasteiger charge is -2.27. The quantitative estimate of drug-likeness (QED) is 0.531. The number of carbonyl (C=O) groups is 2. The van der Waals surface area contributed by atoms with Crippen LogP contribution in [0.3, 0.4) is 0 Å². The summed E-state index contributed by atoms with van der Waals surface area (Å²) in [6.45, 7) is 13.7. The van der Waals surface area contributed by atoms with E-state index in [-0.39, 0.29) is 17.3 Å². The number of Topliss-reactive ketones (excluding diaryl/α,β-unsaturated/α-hetero) is 1. The van der Waals surface area contributed by atoms with E-state index in [1.165, 1.54) is 6.92 Å². The van der Waals surface area contributed by atoms with E-state index in [2.05, 4.69) is 11.9 Å². The average molecular weight is 390 g/mol. The fourth-order valence-electron chi connectivity index (χ4n) is 2.74. The molecule has 156 valence electrons. The number of ether oxygens (including phenoxy) is 1. The minimum absolute atomic E-state index is 0.00646. The molecule has 28 heavy (non-hydrogen) atoms. The Bertz CT molecular complexity index is 686. The monoisotopic (exact) mass is 389 g/mol. The summed E-state index contributed by atoms with van der Waals surface area (Å²) in [6.07, 6.45) is 3.86. The maximum atomic E-state index is 12.1. The predicted molar refractivity (Wildman–Crippen MR) is 113 cm³/mol. The van der Waals surface area contributed by atoms with Crippen molar-refractivity contribution in [2.24, 2.45) is 0 Å². The normalized spacial score (nSPS) is 11.9. The molecule has 2 N–H and O–H groups in total. The zero-order valence-corrected chi connectivity index (χ0v) is 17.9. The lowest BCUT2D eigenvalue weighted by molar-refractivity contribution is -0.121. The molecule has 0 atom stereocenters. The van der Waals surface area contributed by atoms with Gasteiger partial charge in [-0.05, 0) is 71.1 Å². The molecule has 0 radical (unpaired) electrons. The van der Waals surface area contributed by atoms with Crippen molar-refractivity contribution in [2.75, 3.05) is 13.2 Å². The number of benzene rings is 1. The minimum atomic E-state index is -0.740. The van der Waals surface area contributed by atoms with Gasteiger partial charge in [-0.2, -0.15) is 0 Å². The SMILES string of the molecule is C=Cc1ccc(CCC(=O)NCCC(C)(C)OCCC(C)(C)O)cc1C(C)=O. The fraction of sp³-hybridized carbons (Fsp3) is 0.565. The number of hydrogen-bond donors (Lipinski definition) is 2. The topological polar surface area (TPSA) is 75.6 Å². The van der Waals surface area contributed by atoms with Crippen LogP contribution in [0.1, 0.15) is 75.4 Å². The van der Waals surface area contributed by atoms with Crippen LogP contribution >= 0.6 is 0 Å². The van der Waals surface area contributed by atoms with E-state index in [0.29, 0.717) is 44.4 Å². The molecule has 5 nitrogen and oxygen atoms in total. The first-order valence-corrected chi connectivity index (χ1v) is 9.83. The molecule has 0 aliphatic heterocycles. The van der Waals surface area contributed by atoms with Crippen LogP contribution in [-0.2, 0) is 16.0 Å². The molecule has 0 fully saturated rings. The Balaban J connectivity index is 2.40. The Hall–Kier alpha value is -1.98. The lowest BCUT2D eigenvalue weighted by atomic mass is 9.99.